The molecule has 2 atom stereocenters. The van der Waals surface area contributed by atoms with E-state index in [2.05, 4.69) is 10.4 Å². The molecule has 0 radical (unpaired) electrons. The van der Waals surface area contributed by atoms with Crippen molar-refractivity contribution in [2.75, 3.05) is 0 Å². The molecule has 0 saturated heterocycles. The lowest BCUT2D eigenvalue weighted by Gasteiger charge is -2.19. The van der Waals surface area contributed by atoms with Gasteiger partial charge in [0.15, 0.2) is 0 Å². The van der Waals surface area contributed by atoms with Crippen LogP contribution < -0.4 is 5.32 Å². The molecule has 0 aliphatic carbocycles. The summed E-state index contributed by atoms with van der Waals surface area (Å²) in [4.78, 5) is 22.8. The molecular formula is C13H21N3O3. The molecule has 2 N–H and O–H groups in total. The molecule has 0 aliphatic heterocycles. The Kier molecular flexibility index (Phi) is 5.54. The molecule has 0 saturated carbocycles. The molecule has 2 unspecified atom stereocenters. The lowest BCUT2D eigenvalue weighted by molar-refractivity contribution is -0.143. The van der Waals surface area contributed by atoms with E-state index in [9.17, 15) is 9.59 Å². The van der Waals surface area contributed by atoms with Crippen LogP contribution >= 0.6 is 0 Å². The SMILES string of the molecule is CCC(C)C(NC(=O)CCc1cnn(C)c1)C(=O)O. The van der Waals surface area contributed by atoms with Gasteiger partial charge in [-0.2, -0.15) is 5.10 Å². The number of nitrogens with one attached hydrogen (secondary N) is 1. The van der Waals surface area contributed by atoms with Gasteiger partial charge in [-0.25, -0.2) is 4.79 Å². The molecular weight excluding hydrogens is 246 g/mol. The number of hydrogen-bond donors (Lipinski definition) is 2. The second kappa shape index (κ2) is 6.92. The van der Waals surface area contributed by atoms with Gasteiger partial charge in [0, 0.05) is 19.7 Å². The molecule has 1 rings (SSSR count). The van der Waals surface area contributed by atoms with Gasteiger partial charge < -0.3 is 10.4 Å². The minimum Gasteiger partial charge on any atom is -0.480 e. The quantitative estimate of drug-likeness (QED) is 0.771. The number of rotatable bonds is 7. The van der Waals surface area contributed by atoms with E-state index in [0.29, 0.717) is 12.8 Å². The van der Waals surface area contributed by atoms with Gasteiger partial charge in [0.1, 0.15) is 6.04 Å². The van der Waals surface area contributed by atoms with Crippen molar-refractivity contribution < 1.29 is 14.7 Å². The monoisotopic (exact) mass is 267 g/mol. The zero-order valence-electron chi connectivity index (χ0n) is 11.6. The molecule has 1 heterocycles. The summed E-state index contributed by atoms with van der Waals surface area (Å²) in [7, 11) is 1.81. The van der Waals surface area contributed by atoms with E-state index in [-0.39, 0.29) is 18.2 Å². The van der Waals surface area contributed by atoms with Crippen LogP contribution in [0.3, 0.4) is 0 Å². The highest BCUT2D eigenvalue weighted by Gasteiger charge is 2.24. The van der Waals surface area contributed by atoms with Crippen molar-refractivity contribution in [1.29, 1.82) is 0 Å². The first-order valence-electron chi connectivity index (χ1n) is 6.43. The molecule has 1 aromatic heterocycles. The van der Waals surface area contributed by atoms with Gasteiger partial charge in [0.05, 0.1) is 6.20 Å². The molecule has 1 amide bonds. The Morgan fingerprint density at radius 2 is 2.21 bits per heavy atom. The maximum Gasteiger partial charge on any atom is 0.326 e. The average Bonchev–Trinajstić information content (AvgIpc) is 2.78. The van der Waals surface area contributed by atoms with Crippen molar-refractivity contribution in [2.45, 2.75) is 39.2 Å². The molecule has 1 aromatic rings. The second-order valence-corrected chi connectivity index (χ2v) is 4.79. The van der Waals surface area contributed by atoms with Crippen LogP contribution in [0.1, 0.15) is 32.3 Å². The van der Waals surface area contributed by atoms with Crippen molar-refractivity contribution in [1.82, 2.24) is 15.1 Å². The topological polar surface area (TPSA) is 84.2 Å². The van der Waals surface area contributed by atoms with E-state index in [0.717, 1.165) is 5.56 Å². The van der Waals surface area contributed by atoms with Crippen molar-refractivity contribution >= 4 is 11.9 Å². The number of carboxylic acids is 1. The third-order valence-corrected chi connectivity index (χ3v) is 3.19. The molecule has 0 spiro atoms. The number of aromatic nitrogens is 2. The number of aliphatic carboxylic acids is 1. The van der Waals surface area contributed by atoms with Crippen molar-refractivity contribution in [3.05, 3.63) is 18.0 Å². The summed E-state index contributed by atoms with van der Waals surface area (Å²) in [6.45, 7) is 3.72. The van der Waals surface area contributed by atoms with Gasteiger partial charge in [0.25, 0.3) is 0 Å². The van der Waals surface area contributed by atoms with Gasteiger partial charge in [0.2, 0.25) is 5.91 Å². The Balaban J connectivity index is 2.46. The Hall–Kier alpha value is -1.85. The van der Waals surface area contributed by atoms with E-state index in [1.54, 1.807) is 10.9 Å². The lowest BCUT2D eigenvalue weighted by atomic mass is 9.99. The number of aryl methyl sites for hydroxylation is 2. The normalized spacial score (nSPS) is 13.8. The Bertz CT molecular complexity index is 442. The van der Waals surface area contributed by atoms with E-state index < -0.39 is 12.0 Å². The standard InChI is InChI=1S/C13H21N3O3/c1-4-9(2)12(13(18)19)15-11(17)6-5-10-7-14-16(3)8-10/h7-9,12H,4-6H2,1-3H3,(H,15,17)(H,18,19). The summed E-state index contributed by atoms with van der Waals surface area (Å²) in [6.07, 6.45) is 5.09. The first kappa shape index (κ1) is 15.2. The number of carboxylic acid groups (broad SMARTS) is 1. The van der Waals surface area contributed by atoms with E-state index in [1.165, 1.54) is 0 Å². The summed E-state index contributed by atoms with van der Waals surface area (Å²) in [5, 5.41) is 15.7. The molecule has 0 aromatic carbocycles. The Morgan fingerprint density at radius 1 is 1.53 bits per heavy atom. The molecule has 19 heavy (non-hydrogen) atoms. The summed E-state index contributed by atoms with van der Waals surface area (Å²) in [6, 6.07) is -0.814. The van der Waals surface area contributed by atoms with Crippen molar-refractivity contribution in [3.8, 4) is 0 Å². The van der Waals surface area contributed by atoms with Gasteiger partial charge in [-0.1, -0.05) is 20.3 Å². The fourth-order valence-corrected chi connectivity index (χ4v) is 1.79. The van der Waals surface area contributed by atoms with Crippen LogP contribution in [0.2, 0.25) is 0 Å². The van der Waals surface area contributed by atoms with Crippen LogP contribution in [0.25, 0.3) is 0 Å². The third kappa shape index (κ3) is 4.73. The maximum atomic E-state index is 11.8. The number of nitrogens with zero attached hydrogens (tertiary/aromatic N) is 2. The largest absolute Gasteiger partial charge is 0.480 e. The van der Waals surface area contributed by atoms with Crippen LogP contribution in [0.5, 0.6) is 0 Å². The fourth-order valence-electron chi connectivity index (χ4n) is 1.79. The van der Waals surface area contributed by atoms with Crippen LogP contribution in [0.15, 0.2) is 12.4 Å². The smallest absolute Gasteiger partial charge is 0.326 e. The van der Waals surface area contributed by atoms with E-state index in [4.69, 9.17) is 5.11 Å². The highest BCUT2D eigenvalue weighted by molar-refractivity contribution is 5.83. The van der Waals surface area contributed by atoms with Crippen molar-refractivity contribution in [2.24, 2.45) is 13.0 Å². The second-order valence-electron chi connectivity index (χ2n) is 4.79. The van der Waals surface area contributed by atoms with Crippen LogP contribution in [-0.4, -0.2) is 32.8 Å². The minimum absolute atomic E-state index is 0.0835. The van der Waals surface area contributed by atoms with Crippen LogP contribution in [0.4, 0.5) is 0 Å². The first-order valence-corrected chi connectivity index (χ1v) is 6.43. The predicted octanol–water partition coefficient (Wildman–Crippen LogP) is 0.968. The number of amides is 1. The highest BCUT2D eigenvalue weighted by Crippen LogP contribution is 2.09. The molecule has 6 heteroatoms. The van der Waals surface area contributed by atoms with Gasteiger partial charge in [-0.05, 0) is 17.9 Å². The molecule has 6 nitrogen and oxygen atoms in total. The zero-order chi connectivity index (χ0) is 14.4. The highest BCUT2D eigenvalue weighted by atomic mass is 16.4. The minimum atomic E-state index is -0.982. The van der Waals surface area contributed by atoms with Crippen LogP contribution in [-0.2, 0) is 23.1 Å². The third-order valence-electron chi connectivity index (χ3n) is 3.19. The predicted molar refractivity (Wildman–Crippen MR) is 70.6 cm³/mol. The summed E-state index contributed by atoms with van der Waals surface area (Å²) >= 11 is 0. The fraction of sp³-hybridized carbons (Fsp3) is 0.615. The first-order chi connectivity index (χ1) is 8.93. The number of carbonyl (C=O) groups excluding carboxylic acids is 1. The van der Waals surface area contributed by atoms with Crippen LogP contribution in [0, 0.1) is 5.92 Å². The average molecular weight is 267 g/mol. The summed E-state index contributed by atoms with van der Waals surface area (Å²) < 4.78 is 1.67. The van der Waals surface area contributed by atoms with Crippen molar-refractivity contribution in [3.63, 3.8) is 0 Å². The molecule has 106 valence electrons. The molecule has 0 bridgehead atoms. The molecule has 0 aliphatic rings. The number of carbonyl (C=O) groups is 2. The summed E-state index contributed by atoms with van der Waals surface area (Å²) in [5.74, 6) is -1.31. The molecule has 0 fully saturated rings. The van der Waals surface area contributed by atoms with E-state index >= 15 is 0 Å². The van der Waals surface area contributed by atoms with Gasteiger partial charge in [-0.3, -0.25) is 9.48 Å². The summed E-state index contributed by atoms with van der Waals surface area (Å²) in [5.41, 5.74) is 0.966. The van der Waals surface area contributed by atoms with Gasteiger partial charge >= 0.3 is 5.97 Å². The van der Waals surface area contributed by atoms with Gasteiger partial charge in [-0.15, -0.1) is 0 Å². The maximum absolute atomic E-state index is 11.8. The lowest BCUT2D eigenvalue weighted by Crippen LogP contribution is -2.45. The Labute approximate surface area is 112 Å². The van der Waals surface area contributed by atoms with E-state index in [1.807, 2.05) is 27.1 Å². The zero-order valence-corrected chi connectivity index (χ0v) is 11.6. The Morgan fingerprint density at radius 3 is 2.68 bits per heavy atom. The number of hydrogen-bond acceptors (Lipinski definition) is 3.